The molecule has 0 aromatic heterocycles. The third-order valence-corrected chi connectivity index (χ3v) is 5.53. The molecule has 1 saturated carbocycles. The van der Waals surface area contributed by atoms with E-state index in [0.717, 1.165) is 12.8 Å². The zero-order chi connectivity index (χ0) is 16.7. The Morgan fingerprint density at radius 1 is 1.48 bits per heavy atom. The van der Waals surface area contributed by atoms with Gasteiger partial charge in [0.05, 0.1) is 23.6 Å². The van der Waals surface area contributed by atoms with Gasteiger partial charge in [-0.3, -0.25) is 10.1 Å². The van der Waals surface area contributed by atoms with Crippen molar-refractivity contribution in [2.75, 3.05) is 13.1 Å². The SMILES string of the molecule is CC(N)C(C1CC1)C(S)NC(=O)C1C(N)NN2CC(F)CNC12. The van der Waals surface area contributed by atoms with Gasteiger partial charge in [-0.15, -0.1) is 0 Å². The molecule has 7 N–H and O–H groups in total. The molecular formula is C14H27FN6OS. The van der Waals surface area contributed by atoms with Crippen molar-refractivity contribution in [3.63, 3.8) is 0 Å². The first-order valence-electron chi connectivity index (χ1n) is 8.28. The number of thiol groups is 1. The number of carbonyl (C=O) groups excluding carboxylic acids is 1. The van der Waals surface area contributed by atoms with E-state index in [0.29, 0.717) is 5.92 Å². The number of rotatable bonds is 5. The van der Waals surface area contributed by atoms with Crippen LogP contribution in [0.15, 0.2) is 0 Å². The Morgan fingerprint density at radius 2 is 2.17 bits per heavy atom. The molecule has 9 heteroatoms. The summed E-state index contributed by atoms with van der Waals surface area (Å²) in [4.78, 5) is 12.7. The summed E-state index contributed by atoms with van der Waals surface area (Å²) in [7, 11) is 0. The number of carbonyl (C=O) groups is 1. The maximum Gasteiger partial charge on any atom is 0.229 e. The van der Waals surface area contributed by atoms with Crippen LogP contribution in [0.5, 0.6) is 0 Å². The summed E-state index contributed by atoms with van der Waals surface area (Å²) in [5.41, 5.74) is 15.1. The van der Waals surface area contributed by atoms with E-state index >= 15 is 0 Å². The number of hydrazine groups is 1. The Balaban J connectivity index is 1.63. The quantitative estimate of drug-likeness (QED) is 0.273. The van der Waals surface area contributed by atoms with E-state index in [2.05, 4.69) is 28.7 Å². The molecule has 0 radical (unpaired) electrons. The molecule has 1 amide bonds. The van der Waals surface area contributed by atoms with Crippen molar-refractivity contribution in [2.24, 2.45) is 29.2 Å². The van der Waals surface area contributed by atoms with Crippen molar-refractivity contribution in [3.05, 3.63) is 0 Å². The van der Waals surface area contributed by atoms with E-state index in [4.69, 9.17) is 11.5 Å². The highest BCUT2D eigenvalue weighted by Gasteiger charge is 2.48. The standard InChI is InChI=1S/C14H27FN6OS/c1-6(16)9(7-2-3-7)14(23)19-13(22)10-11(17)20-21-5-8(15)4-18-12(10)21/h6-12,14,18,20,23H,2-5,16-17H2,1H3,(H,19,22). The monoisotopic (exact) mass is 346 g/mol. The number of halogens is 1. The molecule has 2 heterocycles. The molecule has 23 heavy (non-hydrogen) atoms. The summed E-state index contributed by atoms with van der Waals surface area (Å²) in [6.45, 7) is 2.41. The molecule has 0 aromatic carbocycles. The van der Waals surface area contributed by atoms with Crippen LogP contribution in [-0.2, 0) is 4.79 Å². The van der Waals surface area contributed by atoms with Crippen LogP contribution in [0.3, 0.4) is 0 Å². The van der Waals surface area contributed by atoms with Gasteiger partial charge in [-0.25, -0.2) is 14.8 Å². The van der Waals surface area contributed by atoms with Crippen LogP contribution < -0.4 is 27.5 Å². The third-order valence-electron chi connectivity index (χ3n) is 5.05. The highest BCUT2D eigenvalue weighted by atomic mass is 32.1. The molecule has 0 aromatic rings. The smallest absolute Gasteiger partial charge is 0.229 e. The normalized spacial score (nSPS) is 38.7. The number of nitrogens with two attached hydrogens (primary N) is 2. The van der Waals surface area contributed by atoms with Gasteiger partial charge in [0, 0.05) is 25.0 Å². The van der Waals surface area contributed by atoms with Gasteiger partial charge in [-0.1, -0.05) is 0 Å². The topological polar surface area (TPSA) is 108 Å². The Hall–Kier alpha value is -0.450. The molecule has 7 nitrogen and oxygen atoms in total. The number of nitrogens with zero attached hydrogens (tertiary/aromatic N) is 1. The van der Waals surface area contributed by atoms with Crippen molar-refractivity contribution in [1.82, 2.24) is 21.1 Å². The van der Waals surface area contributed by atoms with E-state index < -0.39 is 18.3 Å². The van der Waals surface area contributed by atoms with E-state index in [1.54, 1.807) is 5.01 Å². The molecule has 0 spiro atoms. The third kappa shape index (κ3) is 3.64. The lowest BCUT2D eigenvalue weighted by molar-refractivity contribution is -0.127. The van der Waals surface area contributed by atoms with Crippen molar-refractivity contribution in [2.45, 2.75) is 49.7 Å². The van der Waals surface area contributed by atoms with Gasteiger partial charge < -0.3 is 16.8 Å². The highest BCUT2D eigenvalue weighted by molar-refractivity contribution is 7.80. The van der Waals surface area contributed by atoms with Crippen LogP contribution in [0, 0.1) is 17.8 Å². The second kappa shape index (κ2) is 6.81. The summed E-state index contributed by atoms with van der Waals surface area (Å²) >= 11 is 4.57. The Kier molecular flexibility index (Phi) is 5.15. The van der Waals surface area contributed by atoms with Gasteiger partial charge in [-0.05, 0) is 25.7 Å². The van der Waals surface area contributed by atoms with Crippen LogP contribution in [-0.4, -0.2) is 53.9 Å². The van der Waals surface area contributed by atoms with Crippen molar-refractivity contribution >= 4 is 18.5 Å². The summed E-state index contributed by atoms with van der Waals surface area (Å²) in [5, 5.41) is 7.40. The van der Waals surface area contributed by atoms with Crippen LogP contribution >= 0.6 is 12.6 Å². The summed E-state index contributed by atoms with van der Waals surface area (Å²) in [6.07, 6.45) is 0.460. The Bertz CT molecular complexity index is 449. The van der Waals surface area contributed by atoms with Crippen molar-refractivity contribution in [1.29, 1.82) is 0 Å². The van der Waals surface area contributed by atoms with Crippen molar-refractivity contribution in [3.8, 4) is 0 Å². The lowest BCUT2D eigenvalue weighted by Crippen LogP contribution is -2.59. The molecule has 132 valence electrons. The predicted octanol–water partition coefficient (Wildman–Crippen LogP) is -1.28. The number of nitrogens with one attached hydrogen (secondary N) is 3. The second-order valence-electron chi connectivity index (χ2n) is 7.01. The maximum absolute atomic E-state index is 13.5. The molecule has 3 aliphatic rings. The average Bonchev–Trinajstić information content (AvgIpc) is 3.20. The minimum Gasteiger partial charge on any atom is -0.344 e. The average molecular weight is 346 g/mol. The van der Waals surface area contributed by atoms with Crippen LogP contribution in [0.25, 0.3) is 0 Å². The van der Waals surface area contributed by atoms with Crippen LogP contribution in [0.2, 0.25) is 0 Å². The first-order chi connectivity index (χ1) is 10.9. The van der Waals surface area contributed by atoms with E-state index in [-0.39, 0.29) is 42.5 Å². The molecule has 3 fully saturated rings. The molecule has 7 atom stereocenters. The molecule has 1 aliphatic carbocycles. The largest absolute Gasteiger partial charge is 0.344 e. The number of hydrogen-bond acceptors (Lipinski definition) is 7. The molecule has 7 unspecified atom stereocenters. The number of fused-ring (bicyclic) bond motifs is 1. The first kappa shape index (κ1) is 17.4. The summed E-state index contributed by atoms with van der Waals surface area (Å²) in [5.74, 6) is 0.0157. The minimum atomic E-state index is -0.970. The fraction of sp³-hybridized carbons (Fsp3) is 0.929. The summed E-state index contributed by atoms with van der Waals surface area (Å²) < 4.78 is 13.5. The molecular weight excluding hydrogens is 319 g/mol. The Labute approximate surface area is 141 Å². The number of alkyl halides is 1. The van der Waals surface area contributed by atoms with Crippen molar-refractivity contribution < 1.29 is 9.18 Å². The highest BCUT2D eigenvalue weighted by Crippen LogP contribution is 2.40. The lowest BCUT2D eigenvalue weighted by atomic mass is 9.95. The van der Waals surface area contributed by atoms with Gasteiger partial charge in [0.2, 0.25) is 5.91 Å². The fourth-order valence-corrected chi connectivity index (χ4v) is 4.41. The fourth-order valence-electron chi connectivity index (χ4n) is 3.77. The van der Waals surface area contributed by atoms with E-state index in [1.807, 2.05) is 6.92 Å². The summed E-state index contributed by atoms with van der Waals surface area (Å²) in [6, 6.07) is -0.0303. The minimum absolute atomic E-state index is 0.0303. The number of amides is 1. The predicted molar refractivity (Wildman–Crippen MR) is 88.8 cm³/mol. The second-order valence-corrected chi connectivity index (χ2v) is 7.57. The van der Waals surface area contributed by atoms with Gasteiger partial charge >= 0.3 is 0 Å². The van der Waals surface area contributed by atoms with Crippen LogP contribution in [0.4, 0.5) is 4.39 Å². The molecule has 2 aliphatic heterocycles. The van der Waals surface area contributed by atoms with Gasteiger partial charge in [-0.2, -0.15) is 12.6 Å². The zero-order valence-corrected chi connectivity index (χ0v) is 14.2. The van der Waals surface area contributed by atoms with Gasteiger partial charge in [0.25, 0.3) is 0 Å². The van der Waals surface area contributed by atoms with Gasteiger partial charge in [0.15, 0.2) is 0 Å². The lowest BCUT2D eigenvalue weighted by Gasteiger charge is -2.34. The Morgan fingerprint density at radius 3 is 2.78 bits per heavy atom. The van der Waals surface area contributed by atoms with Gasteiger partial charge in [0.1, 0.15) is 6.17 Å². The zero-order valence-electron chi connectivity index (χ0n) is 13.3. The molecule has 3 rings (SSSR count). The molecule has 0 bridgehead atoms. The maximum atomic E-state index is 13.5. The molecule has 2 saturated heterocycles. The number of hydrogen-bond donors (Lipinski definition) is 6. The first-order valence-corrected chi connectivity index (χ1v) is 8.80. The van der Waals surface area contributed by atoms with Crippen LogP contribution in [0.1, 0.15) is 19.8 Å². The van der Waals surface area contributed by atoms with E-state index in [1.165, 1.54) is 0 Å². The van der Waals surface area contributed by atoms with E-state index in [9.17, 15) is 9.18 Å².